The summed E-state index contributed by atoms with van der Waals surface area (Å²) in [5.74, 6) is -0.0835. The maximum absolute atomic E-state index is 12.5. The molecule has 0 aliphatic rings. The average molecular weight is 340 g/mol. The van der Waals surface area contributed by atoms with Gasteiger partial charge in [-0.1, -0.05) is 30.3 Å². The number of nitrogens with zero attached hydrogens (tertiary/aromatic N) is 2. The lowest BCUT2D eigenvalue weighted by molar-refractivity contribution is 0.0942. The van der Waals surface area contributed by atoms with E-state index >= 15 is 0 Å². The van der Waals surface area contributed by atoms with Gasteiger partial charge in [-0.25, -0.2) is 4.98 Å². The van der Waals surface area contributed by atoms with E-state index in [1.165, 1.54) is 11.3 Å². The number of aromatic nitrogens is 2. The average Bonchev–Trinajstić information content (AvgIpc) is 3.23. The second kappa shape index (κ2) is 7.42. The standard InChI is InChI=1S/C18H20N4OS/c1-22-12-20-11-15(22)16-7-8-17(24-16)18(23)21-14(10-19)9-13-5-3-2-4-6-13/h2-8,11-12,14H,9-10,19H2,1H3,(H,21,23). The molecule has 0 bridgehead atoms. The highest BCUT2D eigenvalue weighted by atomic mass is 32.1. The molecular weight excluding hydrogens is 320 g/mol. The van der Waals surface area contributed by atoms with Crippen LogP contribution in [-0.2, 0) is 13.5 Å². The van der Waals surface area contributed by atoms with Gasteiger partial charge >= 0.3 is 0 Å². The van der Waals surface area contributed by atoms with Crippen molar-refractivity contribution in [2.45, 2.75) is 12.5 Å². The van der Waals surface area contributed by atoms with Crippen LogP contribution in [0.5, 0.6) is 0 Å². The van der Waals surface area contributed by atoms with Crippen molar-refractivity contribution in [1.29, 1.82) is 0 Å². The molecule has 5 nitrogen and oxygen atoms in total. The van der Waals surface area contributed by atoms with Crippen molar-refractivity contribution in [3.63, 3.8) is 0 Å². The molecule has 0 aliphatic carbocycles. The van der Waals surface area contributed by atoms with E-state index in [1.807, 2.05) is 54.1 Å². The summed E-state index contributed by atoms with van der Waals surface area (Å²) in [4.78, 5) is 18.3. The molecule has 0 radical (unpaired) electrons. The lowest BCUT2D eigenvalue weighted by atomic mass is 10.1. The molecule has 1 unspecified atom stereocenters. The maximum Gasteiger partial charge on any atom is 0.261 e. The number of hydrogen-bond acceptors (Lipinski definition) is 4. The van der Waals surface area contributed by atoms with Crippen LogP contribution >= 0.6 is 11.3 Å². The van der Waals surface area contributed by atoms with E-state index in [4.69, 9.17) is 5.73 Å². The molecule has 1 atom stereocenters. The molecule has 3 N–H and O–H groups in total. The van der Waals surface area contributed by atoms with E-state index in [0.717, 1.165) is 22.6 Å². The van der Waals surface area contributed by atoms with Gasteiger partial charge < -0.3 is 15.6 Å². The zero-order chi connectivity index (χ0) is 16.9. The second-order valence-electron chi connectivity index (χ2n) is 5.65. The van der Waals surface area contributed by atoms with Crippen LogP contribution in [0.4, 0.5) is 0 Å². The fraction of sp³-hybridized carbons (Fsp3) is 0.222. The highest BCUT2D eigenvalue weighted by Crippen LogP contribution is 2.27. The SMILES string of the molecule is Cn1cncc1-c1ccc(C(=O)NC(CN)Cc2ccccc2)s1. The third-order valence-electron chi connectivity index (χ3n) is 3.84. The summed E-state index contributed by atoms with van der Waals surface area (Å²) in [5, 5.41) is 3.03. The Morgan fingerprint density at radius 2 is 2.08 bits per heavy atom. The Hall–Kier alpha value is -2.44. The van der Waals surface area contributed by atoms with E-state index in [9.17, 15) is 4.79 Å². The van der Waals surface area contributed by atoms with E-state index in [-0.39, 0.29) is 11.9 Å². The minimum atomic E-state index is -0.0835. The minimum Gasteiger partial charge on any atom is -0.347 e. The Bertz CT molecular complexity index is 809. The molecule has 0 spiro atoms. The van der Waals surface area contributed by atoms with Crippen LogP contribution in [0.2, 0.25) is 0 Å². The molecule has 1 aromatic carbocycles. The summed E-state index contributed by atoms with van der Waals surface area (Å²) < 4.78 is 1.94. The summed E-state index contributed by atoms with van der Waals surface area (Å²) in [5.41, 5.74) is 7.99. The summed E-state index contributed by atoms with van der Waals surface area (Å²) in [6.45, 7) is 0.403. The smallest absolute Gasteiger partial charge is 0.261 e. The molecule has 0 saturated carbocycles. The van der Waals surface area contributed by atoms with Crippen molar-refractivity contribution >= 4 is 17.2 Å². The molecule has 24 heavy (non-hydrogen) atoms. The summed E-state index contributed by atoms with van der Waals surface area (Å²) in [7, 11) is 1.94. The summed E-state index contributed by atoms with van der Waals surface area (Å²) in [6.07, 6.45) is 4.27. The largest absolute Gasteiger partial charge is 0.347 e. The Morgan fingerprint density at radius 1 is 1.29 bits per heavy atom. The third kappa shape index (κ3) is 3.72. The monoisotopic (exact) mass is 340 g/mol. The van der Waals surface area contributed by atoms with Crippen LogP contribution in [-0.4, -0.2) is 28.0 Å². The number of thiophene rings is 1. The van der Waals surface area contributed by atoms with Gasteiger partial charge in [0.25, 0.3) is 5.91 Å². The van der Waals surface area contributed by atoms with Gasteiger partial charge in [-0.05, 0) is 24.1 Å². The highest BCUT2D eigenvalue weighted by Gasteiger charge is 2.16. The molecule has 0 saturated heterocycles. The van der Waals surface area contributed by atoms with E-state index in [2.05, 4.69) is 10.3 Å². The quantitative estimate of drug-likeness (QED) is 0.724. The van der Waals surface area contributed by atoms with Gasteiger partial charge in [0.15, 0.2) is 0 Å². The number of rotatable bonds is 6. The van der Waals surface area contributed by atoms with Crippen LogP contribution < -0.4 is 11.1 Å². The van der Waals surface area contributed by atoms with Gasteiger partial charge in [0.05, 0.1) is 28.0 Å². The minimum absolute atomic E-state index is 0.0813. The number of nitrogens with one attached hydrogen (secondary N) is 1. The number of carbonyl (C=O) groups is 1. The Morgan fingerprint density at radius 3 is 2.75 bits per heavy atom. The molecule has 2 aromatic heterocycles. The highest BCUT2D eigenvalue weighted by molar-refractivity contribution is 7.17. The molecule has 6 heteroatoms. The molecule has 0 fully saturated rings. The van der Waals surface area contributed by atoms with Crippen molar-refractivity contribution in [1.82, 2.24) is 14.9 Å². The summed E-state index contributed by atoms with van der Waals surface area (Å²) >= 11 is 1.46. The fourth-order valence-corrected chi connectivity index (χ4v) is 3.50. The van der Waals surface area contributed by atoms with Crippen LogP contribution in [0.15, 0.2) is 55.0 Å². The zero-order valence-electron chi connectivity index (χ0n) is 13.5. The first-order valence-corrected chi connectivity index (χ1v) is 8.60. The van der Waals surface area contributed by atoms with Gasteiger partial charge in [-0.15, -0.1) is 11.3 Å². The Kier molecular flexibility index (Phi) is 5.08. The molecule has 124 valence electrons. The lowest BCUT2D eigenvalue weighted by Gasteiger charge is -2.16. The first kappa shape index (κ1) is 16.4. The van der Waals surface area contributed by atoms with Crippen LogP contribution in [0, 0.1) is 0 Å². The molecule has 2 heterocycles. The second-order valence-corrected chi connectivity index (χ2v) is 6.73. The number of hydrogen-bond donors (Lipinski definition) is 2. The van der Waals surface area contributed by atoms with Crippen molar-refractivity contribution in [3.05, 3.63) is 65.4 Å². The van der Waals surface area contributed by atoms with Crippen LogP contribution in [0.3, 0.4) is 0 Å². The van der Waals surface area contributed by atoms with Crippen molar-refractivity contribution in [2.75, 3.05) is 6.54 Å². The molecular formula is C18H20N4OS. The van der Waals surface area contributed by atoms with Gasteiger partial charge in [0.1, 0.15) is 0 Å². The Balaban J connectivity index is 1.68. The number of imidazole rings is 1. The van der Waals surface area contributed by atoms with E-state index < -0.39 is 0 Å². The van der Waals surface area contributed by atoms with Crippen LogP contribution in [0.25, 0.3) is 10.6 Å². The first-order chi connectivity index (χ1) is 11.7. The number of aryl methyl sites for hydroxylation is 1. The topological polar surface area (TPSA) is 72.9 Å². The molecule has 3 aromatic rings. The van der Waals surface area contributed by atoms with Crippen LogP contribution in [0.1, 0.15) is 15.2 Å². The van der Waals surface area contributed by atoms with E-state index in [0.29, 0.717) is 11.4 Å². The van der Waals surface area contributed by atoms with Crippen molar-refractivity contribution < 1.29 is 4.79 Å². The first-order valence-electron chi connectivity index (χ1n) is 7.78. The third-order valence-corrected chi connectivity index (χ3v) is 4.95. The van der Waals surface area contributed by atoms with Gasteiger partial charge in [0.2, 0.25) is 0 Å². The normalized spacial score (nSPS) is 12.1. The predicted octanol–water partition coefficient (Wildman–Crippen LogP) is 2.45. The lowest BCUT2D eigenvalue weighted by Crippen LogP contribution is -2.41. The molecule has 3 rings (SSSR count). The van der Waals surface area contributed by atoms with E-state index in [1.54, 1.807) is 12.5 Å². The predicted molar refractivity (Wildman–Crippen MR) is 97.0 cm³/mol. The molecule has 1 amide bonds. The number of benzene rings is 1. The van der Waals surface area contributed by atoms with Gasteiger partial charge in [0, 0.05) is 19.6 Å². The van der Waals surface area contributed by atoms with Crippen molar-refractivity contribution in [2.24, 2.45) is 12.8 Å². The van der Waals surface area contributed by atoms with Crippen molar-refractivity contribution in [3.8, 4) is 10.6 Å². The zero-order valence-corrected chi connectivity index (χ0v) is 14.3. The fourth-order valence-electron chi connectivity index (χ4n) is 2.54. The maximum atomic E-state index is 12.5. The summed E-state index contributed by atoms with van der Waals surface area (Å²) in [6, 6.07) is 13.8. The number of carbonyl (C=O) groups excluding carboxylic acids is 1. The number of amides is 1. The molecule has 0 aliphatic heterocycles. The van der Waals surface area contributed by atoms with Gasteiger partial charge in [-0.2, -0.15) is 0 Å². The van der Waals surface area contributed by atoms with Gasteiger partial charge in [-0.3, -0.25) is 4.79 Å². The number of nitrogens with two attached hydrogens (primary N) is 1. The Labute approximate surface area is 145 Å².